The minimum Gasteiger partial charge on any atom is -0.633 e. The minimum absolute atomic E-state index is 0.131. The largest absolute Gasteiger partial charge is 0.633 e. The molecule has 0 aliphatic carbocycles. The number of carbonyl (C=O) groups is 2. The molecule has 6 nitrogen and oxygen atoms in total. The van der Waals surface area contributed by atoms with Crippen molar-refractivity contribution in [2.24, 2.45) is 0 Å². The van der Waals surface area contributed by atoms with Gasteiger partial charge >= 0.3 is 0 Å². The topological polar surface area (TPSA) is 81.3 Å². The third-order valence-electron chi connectivity index (χ3n) is 3.07. The van der Waals surface area contributed by atoms with Gasteiger partial charge in [-0.15, -0.1) is 0 Å². The van der Waals surface area contributed by atoms with Crippen molar-refractivity contribution in [3.8, 4) is 0 Å². The highest BCUT2D eigenvalue weighted by Crippen LogP contribution is 2.06. The highest BCUT2D eigenvalue weighted by molar-refractivity contribution is 7.99. The third-order valence-corrected chi connectivity index (χ3v) is 4.12. The van der Waals surface area contributed by atoms with Crippen LogP contribution in [0.3, 0.4) is 0 Å². The summed E-state index contributed by atoms with van der Waals surface area (Å²) in [5.41, 5.74) is 0. The smallest absolute Gasteiger partial charge is 0.220 e. The zero-order valence-electron chi connectivity index (χ0n) is 15.9. The molecule has 1 amide bonds. The predicted octanol–water partition coefficient (Wildman–Crippen LogP) is 2.18. The number of quaternary nitrogens is 1. The van der Waals surface area contributed by atoms with Crippen LogP contribution in [0.4, 0.5) is 0 Å². The Morgan fingerprint density at radius 1 is 1.17 bits per heavy atom. The molecule has 0 saturated carbocycles. The molecule has 2 N–H and O–H groups in total. The summed E-state index contributed by atoms with van der Waals surface area (Å²) in [4.78, 5) is 21.0. The quantitative estimate of drug-likeness (QED) is 0.214. The Hall–Kier alpha value is -0.630. The summed E-state index contributed by atoms with van der Waals surface area (Å²) < 4.78 is -0.237. The molecule has 0 aromatic rings. The van der Waals surface area contributed by atoms with Crippen LogP contribution in [0.25, 0.3) is 0 Å². The van der Waals surface area contributed by atoms with E-state index < -0.39 is 0 Å². The molecule has 0 bridgehead atoms. The van der Waals surface area contributed by atoms with E-state index >= 15 is 0 Å². The van der Waals surface area contributed by atoms with E-state index in [-0.39, 0.29) is 10.6 Å². The zero-order valence-corrected chi connectivity index (χ0v) is 16.8. The predicted molar refractivity (Wildman–Crippen MR) is 104 cm³/mol. The highest BCUT2D eigenvalue weighted by Gasteiger charge is 2.03. The normalized spacial score (nSPS) is 10.7. The summed E-state index contributed by atoms with van der Waals surface area (Å²) in [7, 11) is 5.21. The van der Waals surface area contributed by atoms with Gasteiger partial charge in [0, 0.05) is 25.1 Å². The average Bonchev–Trinajstić information content (AvgIpc) is 2.52. The summed E-state index contributed by atoms with van der Waals surface area (Å²) in [5.74, 6) is 1.94. The maximum atomic E-state index is 11.4. The molecule has 0 rings (SSSR count). The van der Waals surface area contributed by atoms with Crippen LogP contribution in [0.5, 0.6) is 0 Å². The first-order chi connectivity index (χ1) is 11.4. The van der Waals surface area contributed by atoms with E-state index in [0.29, 0.717) is 13.0 Å². The van der Waals surface area contributed by atoms with E-state index in [9.17, 15) is 14.8 Å². The maximum Gasteiger partial charge on any atom is 0.220 e. The van der Waals surface area contributed by atoms with Gasteiger partial charge in [-0.05, 0) is 38.6 Å². The number of unbranched alkanes of at least 4 members (excludes halogenated alkanes) is 2. The lowest BCUT2D eigenvalue weighted by Crippen LogP contribution is -2.34. The molecule has 0 unspecified atom stereocenters. The second kappa shape index (κ2) is 18.7. The van der Waals surface area contributed by atoms with E-state index in [2.05, 4.69) is 17.6 Å². The molecule has 0 saturated heterocycles. The van der Waals surface area contributed by atoms with E-state index in [0.717, 1.165) is 63.0 Å². The summed E-state index contributed by atoms with van der Waals surface area (Å²) >= 11 is 1.75. The maximum absolute atomic E-state index is 11.4. The van der Waals surface area contributed by atoms with Gasteiger partial charge < -0.3 is 25.3 Å². The Morgan fingerprint density at radius 2 is 1.88 bits per heavy atom. The van der Waals surface area contributed by atoms with Gasteiger partial charge in [-0.2, -0.15) is 11.8 Å². The molecule has 144 valence electrons. The molecule has 0 atom stereocenters. The van der Waals surface area contributed by atoms with Crippen LogP contribution in [0, 0.1) is 5.21 Å². The van der Waals surface area contributed by atoms with Crippen LogP contribution in [-0.4, -0.2) is 69.1 Å². The fourth-order valence-corrected chi connectivity index (χ4v) is 2.71. The lowest BCUT2D eigenvalue weighted by Gasteiger charge is -2.33. The van der Waals surface area contributed by atoms with Gasteiger partial charge in [-0.3, -0.25) is 4.79 Å². The standard InChI is InChI=1S/C12H27N3O2S.C5H10O/c1-13-7-5-8-14-12(16)6-4-10-18-11-9-15(2,3)17;1-2-3-4-5-6/h13H,4-11H2,1-3H3,(H,14,16);5H,2-4H2,1H3. The molecule has 0 aliphatic rings. The first-order valence-corrected chi connectivity index (χ1v) is 9.99. The molecule has 0 radical (unpaired) electrons. The lowest BCUT2D eigenvalue weighted by molar-refractivity contribution is -0.837. The second-order valence-corrected chi connectivity index (χ2v) is 7.35. The van der Waals surface area contributed by atoms with Crippen LogP contribution in [0.15, 0.2) is 0 Å². The van der Waals surface area contributed by atoms with Crippen molar-refractivity contribution >= 4 is 24.0 Å². The van der Waals surface area contributed by atoms with Crippen LogP contribution in [0.2, 0.25) is 0 Å². The number of thioether (sulfide) groups is 1. The lowest BCUT2D eigenvalue weighted by atomic mass is 10.3. The monoisotopic (exact) mass is 363 g/mol. The SMILES string of the molecule is CCCCC=O.CNCCCNC(=O)CCCSCC[N+](C)(C)[O-]. The molecule has 24 heavy (non-hydrogen) atoms. The second-order valence-electron chi connectivity index (χ2n) is 6.13. The fourth-order valence-electron chi connectivity index (χ4n) is 1.59. The Labute approximate surface area is 152 Å². The Morgan fingerprint density at radius 3 is 2.38 bits per heavy atom. The summed E-state index contributed by atoms with van der Waals surface area (Å²) in [6, 6.07) is 0. The van der Waals surface area contributed by atoms with E-state index in [1.54, 1.807) is 25.9 Å². The molecule has 0 fully saturated rings. The molecular weight excluding hydrogens is 326 g/mol. The van der Waals surface area contributed by atoms with Crippen LogP contribution in [-0.2, 0) is 9.59 Å². The van der Waals surface area contributed by atoms with Gasteiger partial charge in [-0.1, -0.05) is 13.3 Å². The van der Waals surface area contributed by atoms with Crippen LogP contribution >= 0.6 is 11.8 Å². The van der Waals surface area contributed by atoms with Crippen molar-refractivity contribution in [2.75, 3.05) is 52.3 Å². The van der Waals surface area contributed by atoms with Gasteiger partial charge in [0.2, 0.25) is 5.91 Å². The van der Waals surface area contributed by atoms with Crippen molar-refractivity contribution < 1.29 is 14.2 Å². The van der Waals surface area contributed by atoms with Gasteiger partial charge in [0.25, 0.3) is 0 Å². The zero-order chi connectivity index (χ0) is 18.7. The first-order valence-electron chi connectivity index (χ1n) is 8.84. The molecule has 0 aromatic carbocycles. The van der Waals surface area contributed by atoms with Gasteiger partial charge in [0.15, 0.2) is 0 Å². The van der Waals surface area contributed by atoms with Crippen LogP contribution in [0.1, 0.15) is 45.4 Å². The molecule has 0 aromatic heterocycles. The number of carbonyl (C=O) groups excluding carboxylic acids is 2. The number of rotatable bonds is 14. The van der Waals surface area contributed by atoms with Gasteiger partial charge in [0.05, 0.1) is 20.6 Å². The van der Waals surface area contributed by atoms with E-state index in [4.69, 9.17) is 0 Å². The van der Waals surface area contributed by atoms with Gasteiger partial charge in [0.1, 0.15) is 6.29 Å². The van der Waals surface area contributed by atoms with E-state index in [1.807, 2.05) is 7.05 Å². The van der Waals surface area contributed by atoms with Crippen molar-refractivity contribution in [1.29, 1.82) is 0 Å². The fraction of sp³-hybridized carbons (Fsp3) is 0.882. The van der Waals surface area contributed by atoms with Gasteiger partial charge in [-0.25, -0.2) is 0 Å². The number of hydroxylamine groups is 3. The Bertz CT molecular complexity index is 297. The van der Waals surface area contributed by atoms with Crippen molar-refractivity contribution in [3.05, 3.63) is 5.21 Å². The molecular formula is C17H37N3O3S. The van der Waals surface area contributed by atoms with Crippen LogP contribution < -0.4 is 10.6 Å². The number of amides is 1. The number of hydrogen-bond acceptors (Lipinski definition) is 5. The Balaban J connectivity index is 0. The summed E-state index contributed by atoms with van der Waals surface area (Å²) in [6.07, 6.45) is 6.30. The first kappa shape index (κ1) is 25.6. The third kappa shape index (κ3) is 26.3. The molecule has 7 heteroatoms. The Kier molecular flexibility index (Phi) is 20.0. The summed E-state index contributed by atoms with van der Waals surface area (Å²) in [5, 5.41) is 17.2. The molecule has 0 spiro atoms. The van der Waals surface area contributed by atoms with Crippen molar-refractivity contribution in [3.63, 3.8) is 0 Å². The van der Waals surface area contributed by atoms with Crippen molar-refractivity contribution in [2.45, 2.75) is 45.4 Å². The van der Waals surface area contributed by atoms with Crippen molar-refractivity contribution in [1.82, 2.24) is 10.6 Å². The van der Waals surface area contributed by atoms with E-state index in [1.165, 1.54) is 0 Å². The molecule has 0 aliphatic heterocycles. The molecule has 0 heterocycles. The number of nitrogens with one attached hydrogen (secondary N) is 2. The number of nitrogens with zero attached hydrogens (tertiary/aromatic N) is 1. The highest BCUT2D eigenvalue weighted by atomic mass is 32.2. The number of aldehydes is 1. The minimum atomic E-state index is -0.237. The average molecular weight is 364 g/mol. The summed E-state index contributed by atoms with van der Waals surface area (Å²) in [6.45, 7) is 4.37. The number of hydrogen-bond donors (Lipinski definition) is 2.